The first-order chi connectivity index (χ1) is 11.4. The molecule has 0 atom stereocenters. The molecule has 0 bridgehead atoms. The van der Waals surface area contributed by atoms with Gasteiger partial charge in [-0.05, 0) is 42.2 Å². The Labute approximate surface area is 137 Å². The number of rotatable bonds is 3. The highest BCUT2D eigenvalue weighted by Crippen LogP contribution is 2.29. The van der Waals surface area contributed by atoms with Gasteiger partial charge in [-0.25, -0.2) is 14.2 Å². The number of aromatic hydroxyl groups is 1. The molecule has 6 heteroatoms. The van der Waals surface area contributed by atoms with Crippen LogP contribution in [0.25, 0.3) is 11.0 Å². The zero-order chi connectivity index (χ0) is 17.4. The minimum atomic E-state index is -0.624. The van der Waals surface area contributed by atoms with Crippen LogP contribution in [0.1, 0.15) is 29.2 Å². The molecule has 0 aliphatic rings. The number of pyridine rings is 1. The Morgan fingerprint density at radius 2 is 2.08 bits per heavy atom. The molecule has 2 aromatic heterocycles. The van der Waals surface area contributed by atoms with Gasteiger partial charge in [0.15, 0.2) is 11.6 Å². The fraction of sp³-hybridized carbons (Fsp3) is 0.222. The summed E-state index contributed by atoms with van der Waals surface area (Å²) in [6, 6.07) is 4.70. The second-order valence-corrected chi connectivity index (χ2v) is 5.68. The molecule has 3 rings (SSSR count). The molecular weight excluding hydrogens is 311 g/mol. The van der Waals surface area contributed by atoms with Gasteiger partial charge in [0, 0.05) is 29.6 Å². The number of hydrogen-bond acceptors (Lipinski definition) is 5. The summed E-state index contributed by atoms with van der Waals surface area (Å²) in [5.74, 6) is -0.758. The van der Waals surface area contributed by atoms with E-state index in [4.69, 9.17) is 10.2 Å². The molecule has 5 nitrogen and oxygen atoms in total. The molecule has 0 aliphatic carbocycles. The van der Waals surface area contributed by atoms with Crippen LogP contribution in [0.15, 0.2) is 33.6 Å². The van der Waals surface area contributed by atoms with E-state index in [0.717, 1.165) is 10.9 Å². The minimum Gasteiger partial charge on any atom is -0.508 e. The Balaban J connectivity index is 2.24. The molecule has 1 aromatic carbocycles. The van der Waals surface area contributed by atoms with Gasteiger partial charge in [0.25, 0.3) is 0 Å². The molecule has 3 aromatic rings. The first-order valence-corrected chi connectivity index (χ1v) is 7.59. The van der Waals surface area contributed by atoms with Crippen LogP contribution in [0.3, 0.4) is 0 Å². The standard InChI is InChI=1S/C18H17FN2O3/c1-3-11-12-6-9(2)14(22)8-15(12)24-18(23)13(11)7-10-4-5-21-17(20)16(10)19/h4-6,8,22H,3,7H2,1-2H3,(H2,20,21). The first-order valence-electron chi connectivity index (χ1n) is 7.59. The van der Waals surface area contributed by atoms with Gasteiger partial charge in [-0.15, -0.1) is 0 Å². The van der Waals surface area contributed by atoms with E-state index in [1.807, 2.05) is 6.92 Å². The molecule has 0 fully saturated rings. The Hall–Kier alpha value is -2.89. The number of fused-ring (bicyclic) bond motifs is 1. The van der Waals surface area contributed by atoms with E-state index in [-0.39, 0.29) is 18.0 Å². The third-order valence-corrected chi connectivity index (χ3v) is 4.15. The Kier molecular flexibility index (Phi) is 3.97. The van der Waals surface area contributed by atoms with Crippen molar-refractivity contribution in [1.82, 2.24) is 4.98 Å². The van der Waals surface area contributed by atoms with Crippen molar-refractivity contribution < 1.29 is 13.9 Å². The van der Waals surface area contributed by atoms with E-state index >= 15 is 0 Å². The number of benzene rings is 1. The first kappa shape index (κ1) is 16.0. The molecule has 124 valence electrons. The lowest BCUT2D eigenvalue weighted by atomic mass is 9.96. The predicted octanol–water partition coefficient (Wildman–Crippen LogP) is 3.08. The van der Waals surface area contributed by atoms with E-state index in [1.54, 1.807) is 13.0 Å². The van der Waals surface area contributed by atoms with Gasteiger partial charge in [-0.2, -0.15) is 0 Å². The third kappa shape index (κ3) is 2.60. The summed E-state index contributed by atoms with van der Waals surface area (Å²) >= 11 is 0. The van der Waals surface area contributed by atoms with E-state index in [9.17, 15) is 14.3 Å². The van der Waals surface area contributed by atoms with Crippen molar-refractivity contribution in [2.45, 2.75) is 26.7 Å². The number of halogens is 1. The lowest BCUT2D eigenvalue weighted by Gasteiger charge is -2.12. The Morgan fingerprint density at radius 1 is 1.33 bits per heavy atom. The summed E-state index contributed by atoms with van der Waals surface area (Å²) in [7, 11) is 0. The van der Waals surface area contributed by atoms with Crippen LogP contribution in [-0.2, 0) is 12.8 Å². The van der Waals surface area contributed by atoms with E-state index < -0.39 is 11.4 Å². The molecule has 0 saturated carbocycles. The lowest BCUT2D eigenvalue weighted by molar-refractivity contribution is 0.468. The van der Waals surface area contributed by atoms with Crippen molar-refractivity contribution >= 4 is 16.8 Å². The molecule has 24 heavy (non-hydrogen) atoms. The summed E-state index contributed by atoms with van der Waals surface area (Å²) in [6.07, 6.45) is 2.05. The molecule has 0 radical (unpaired) electrons. The molecule has 0 saturated heterocycles. The number of anilines is 1. The second-order valence-electron chi connectivity index (χ2n) is 5.68. The van der Waals surface area contributed by atoms with Crippen molar-refractivity contribution in [2.24, 2.45) is 0 Å². The summed E-state index contributed by atoms with van der Waals surface area (Å²) in [4.78, 5) is 16.1. The molecule has 0 spiro atoms. The third-order valence-electron chi connectivity index (χ3n) is 4.15. The zero-order valence-corrected chi connectivity index (χ0v) is 13.4. The highest BCUT2D eigenvalue weighted by molar-refractivity contribution is 5.83. The molecule has 0 aliphatic heterocycles. The summed E-state index contributed by atoms with van der Waals surface area (Å²) < 4.78 is 19.5. The van der Waals surface area contributed by atoms with E-state index in [2.05, 4.69) is 4.98 Å². The number of phenolic OH excluding ortho intramolecular Hbond substituents is 1. The van der Waals surface area contributed by atoms with Gasteiger partial charge in [0.1, 0.15) is 11.3 Å². The van der Waals surface area contributed by atoms with Crippen LogP contribution < -0.4 is 11.4 Å². The maximum Gasteiger partial charge on any atom is 0.340 e. The van der Waals surface area contributed by atoms with Crippen LogP contribution in [0, 0.1) is 12.7 Å². The summed E-state index contributed by atoms with van der Waals surface area (Å²) in [6.45, 7) is 3.68. The van der Waals surface area contributed by atoms with Crippen molar-refractivity contribution in [1.29, 1.82) is 0 Å². The SMILES string of the molecule is CCc1c(Cc2ccnc(N)c2F)c(=O)oc2cc(O)c(C)cc12. The smallest absolute Gasteiger partial charge is 0.340 e. The quantitative estimate of drug-likeness (QED) is 0.721. The largest absolute Gasteiger partial charge is 0.508 e. The fourth-order valence-electron chi connectivity index (χ4n) is 2.86. The summed E-state index contributed by atoms with van der Waals surface area (Å²) in [5, 5.41) is 10.6. The van der Waals surface area contributed by atoms with E-state index in [1.165, 1.54) is 18.3 Å². The van der Waals surface area contributed by atoms with Crippen molar-refractivity contribution in [3.8, 4) is 5.75 Å². The van der Waals surface area contributed by atoms with Crippen LogP contribution in [-0.4, -0.2) is 10.1 Å². The number of hydrogen-bond donors (Lipinski definition) is 2. The van der Waals surface area contributed by atoms with Gasteiger partial charge in [-0.1, -0.05) is 6.92 Å². The maximum absolute atomic E-state index is 14.1. The summed E-state index contributed by atoms with van der Waals surface area (Å²) in [5.41, 5.74) is 7.40. The van der Waals surface area contributed by atoms with Gasteiger partial charge >= 0.3 is 5.63 Å². The Morgan fingerprint density at radius 3 is 2.79 bits per heavy atom. The maximum atomic E-state index is 14.1. The fourth-order valence-corrected chi connectivity index (χ4v) is 2.86. The molecule has 3 N–H and O–H groups in total. The topological polar surface area (TPSA) is 89.4 Å². The average molecular weight is 328 g/mol. The number of nitrogens with zero attached hydrogens (tertiary/aromatic N) is 1. The number of aryl methyl sites for hydroxylation is 2. The van der Waals surface area contributed by atoms with Crippen molar-refractivity contribution in [2.75, 3.05) is 5.73 Å². The number of nitrogen functional groups attached to an aromatic ring is 1. The highest BCUT2D eigenvalue weighted by atomic mass is 19.1. The van der Waals surface area contributed by atoms with Gasteiger partial charge < -0.3 is 15.3 Å². The average Bonchev–Trinajstić information content (AvgIpc) is 2.54. The number of aromatic nitrogens is 1. The monoisotopic (exact) mass is 328 g/mol. The molecular formula is C18H17FN2O3. The number of nitrogens with two attached hydrogens (primary N) is 1. The molecule has 2 heterocycles. The van der Waals surface area contributed by atoms with Gasteiger partial charge in [-0.3, -0.25) is 0 Å². The zero-order valence-electron chi connectivity index (χ0n) is 13.4. The highest BCUT2D eigenvalue weighted by Gasteiger charge is 2.17. The van der Waals surface area contributed by atoms with Gasteiger partial charge in [0.2, 0.25) is 0 Å². The van der Waals surface area contributed by atoms with Gasteiger partial charge in [0.05, 0.1) is 0 Å². The Bertz CT molecular complexity index is 996. The van der Waals surface area contributed by atoms with Crippen LogP contribution in [0.5, 0.6) is 5.75 Å². The predicted molar refractivity (Wildman–Crippen MR) is 89.7 cm³/mol. The lowest BCUT2D eigenvalue weighted by Crippen LogP contribution is -2.13. The van der Waals surface area contributed by atoms with Crippen LogP contribution in [0.4, 0.5) is 10.2 Å². The van der Waals surface area contributed by atoms with Crippen molar-refractivity contribution in [3.05, 3.63) is 62.9 Å². The molecule has 0 amide bonds. The van der Waals surface area contributed by atoms with E-state index in [0.29, 0.717) is 28.7 Å². The van der Waals surface area contributed by atoms with Crippen LogP contribution in [0.2, 0.25) is 0 Å². The molecule has 0 unspecified atom stereocenters. The number of phenols is 1. The normalized spacial score (nSPS) is 11.1. The second kappa shape index (κ2) is 5.96. The van der Waals surface area contributed by atoms with Crippen molar-refractivity contribution in [3.63, 3.8) is 0 Å². The van der Waals surface area contributed by atoms with Crippen LogP contribution >= 0.6 is 0 Å². The minimum absolute atomic E-state index is 0.0633.